The van der Waals surface area contributed by atoms with Gasteiger partial charge in [-0.1, -0.05) is 12.0 Å². The number of aromatic amines is 1. The van der Waals surface area contributed by atoms with Gasteiger partial charge in [0.1, 0.15) is 5.75 Å². The van der Waals surface area contributed by atoms with Gasteiger partial charge in [0.2, 0.25) is 0 Å². The van der Waals surface area contributed by atoms with Gasteiger partial charge in [-0.2, -0.15) is 0 Å². The van der Waals surface area contributed by atoms with E-state index in [0.717, 1.165) is 37.2 Å². The van der Waals surface area contributed by atoms with E-state index in [1.807, 2.05) is 0 Å². The summed E-state index contributed by atoms with van der Waals surface area (Å²) >= 11 is 0. The van der Waals surface area contributed by atoms with Crippen molar-refractivity contribution in [2.75, 3.05) is 39.2 Å². The molecule has 2 amide bonds. The Bertz CT molecular complexity index is 1390. The maximum Gasteiger partial charge on any atom is 0.298 e. The molecule has 1 saturated heterocycles. The SMILES string of the molecule is CC#CC(=O)N1CCCC1.COc1cnccc1-c1[nH]c2c(c1Nc1cccc(F)c1OC)C(=O)NCC2. The number of ether oxygens (including phenoxy) is 2. The lowest BCUT2D eigenvalue weighted by atomic mass is 10.0. The summed E-state index contributed by atoms with van der Waals surface area (Å²) in [4.78, 5) is 32.8. The molecular formula is C28H30FN5O4. The number of benzene rings is 1. The number of fused-ring (bicyclic) bond motifs is 1. The van der Waals surface area contributed by atoms with Gasteiger partial charge in [-0.25, -0.2) is 4.39 Å². The lowest BCUT2D eigenvalue weighted by Gasteiger charge is -2.17. The molecule has 198 valence electrons. The molecule has 1 aromatic carbocycles. The number of aromatic nitrogens is 2. The van der Waals surface area contributed by atoms with Crippen molar-refractivity contribution >= 4 is 23.2 Å². The first-order valence-electron chi connectivity index (χ1n) is 12.3. The molecule has 0 spiro atoms. The molecule has 0 bridgehead atoms. The van der Waals surface area contributed by atoms with Crippen LogP contribution in [0.15, 0.2) is 36.7 Å². The van der Waals surface area contributed by atoms with Crippen LogP contribution >= 0.6 is 0 Å². The van der Waals surface area contributed by atoms with Crippen molar-refractivity contribution in [2.45, 2.75) is 26.2 Å². The van der Waals surface area contributed by atoms with Crippen LogP contribution < -0.4 is 20.1 Å². The van der Waals surface area contributed by atoms with Crippen LogP contribution in [0.5, 0.6) is 11.5 Å². The molecule has 5 rings (SSSR count). The number of likely N-dealkylation sites (tertiary alicyclic amines) is 1. The van der Waals surface area contributed by atoms with Crippen LogP contribution in [0, 0.1) is 17.7 Å². The van der Waals surface area contributed by atoms with Crippen LogP contribution in [-0.4, -0.2) is 60.5 Å². The number of halogens is 1. The number of anilines is 2. The normalized spacial score (nSPS) is 13.8. The van der Waals surface area contributed by atoms with E-state index in [-0.39, 0.29) is 17.6 Å². The van der Waals surface area contributed by atoms with Gasteiger partial charge in [0.15, 0.2) is 11.6 Å². The molecule has 3 aromatic rings. The average molecular weight is 520 g/mol. The lowest BCUT2D eigenvalue weighted by Crippen LogP contribution is -2.31. The van der Waals surface area contributed by atoms with Gasteiger partial charge in [0, 0.05) is 43.5 Å². The molecule has 1 fully saturated rings. The molecule has 0 saturated carbocycles. The molecule has 2 aromatic heterocycles. The lowest BCUT2D eigenvalue weighted by molar-refractivity contribution is -0.124. The smallest absolute Gasteiger partial charge is 0.298 e. The Morgan fingerprint density at radius 1 is 1.18 bits per heavy atom. The van der Waals surface area contributed by atoms with Crippen LogP contribution in [0.2, 0.25) is 0 Å². The third-order valence-electron chi connectivity index (χ3n) is 6.30. The first-order chi connectivity index (χ1) is 18.5. The highest BCUT2D eigenvalue weighted by molar-refractivity contribution is 6.06. The molecule has 4 heterocycles. The summed E-state index contributed by atoms with van der Waals surface area (Å²) < 4.78 is 24.8. The summed E-state index contributed by atoms with van der Waals surface area (Å²) in [6, 6.07) is 6.37. The molecule has 2 aliphatic rings. The number of hydrogen-bond acceptors (Lipinski definition) is 6. The van der Waals surface area contributed by atoms with Gasteiger partial charge in [-0.05, 0) is 43.9 Å². The van der Waals surface area contributed by atoms with E-state index in [2.05, 4.69) is 32.4 Å². The second-order valence-electron chi connectivity index (χ2n) is 8.63. The van der Waals surface area contributed by atoms with Gasteiger partial charge in [-0.3, -0.25) is 14.6 Å². The predicted molar refractivity (Wildman–Crippen MR) is 142 cm³/mol. The van der Waals surface area contributed by atoms with Crippen LogP contribution in [0.4, 0.5) is 15.8 Å². The Labute approximate surface area is 220 Å². The highest BCUT2D eigenvalue weighted by Gasteiger charge is 2.28. The van der Waals surface area contributed by atoms with Crippen molar-refractivity contribution in [3.63, 3.8) is 0 Å². The average Bonchev–Trinajstić information content (AvgIpc) is 3.59. The quantitative estimate of drug-likeness (QED) is 0.442. The van der Waals surface area contributed by atoms with Crippen molar-refractivity contribution in [2.24, 2.45) is 0 Å². The number of pyridine rings is 1. The number of carbonyl (C=O) groups is 2. The van der Waals surface area contributed by atoms with Crippen molar-refractivity contribution in [1.29, 1.82) is 0 Å². The maximum atomic E-state index is 14.2. The maximum absolute atomic E-state index is 14.2. The van der Waals surface area contributed by atoms with Gasteiger partial charge in [0.05, 0.1) is 43.0 Å². The zero-order valence-corrected chi connectivity index (χ0v) is 21.6. The first-order valence-corrected chi connectivity index (χ1v) is 12.3. The fourth-order valence-electron chi connectivity index (χ4n) is 4.51. The van der Waals surface area contributed by atoms with Gasteiger partial charge in [0.25, 0.3) is 11.8 Å². The Balaban J connectivity index is 0.000000283. The molecule has 0 radical (unpaired) electrons. The highest BCUT2D eigenvalue weighted by Crippen LogP contribution is 2.41. The summed E-state index contributed by atoms with van der Waals surface area (Å²) in [7, 11) is 2.95. The Morgan fingerprint density at radius 3 is 2.68 bits per heavy atom. The van der Waals surface area contributed by atoms with Crippen molar-refractivity contribution in [1.82, 2.24) is 20.2 Å². The minimum atomic E-state index is -0.496. The summed E-state index contributed by atoms with van der Waals surface area (Å²) in [6.07, 6.45) is 6.17. The summed E-state index contributed by atoms with van der Waals surface area (Å²) in [6.45, 7) is 4.02. The van der Waals surface area contributed by atoms with Crippen LogP contribution in [0.25, 0.3) is 11.3 Å². The van der Waals surface area contributed by atoms with Crippen LogP contribution in [0.1, 0.15) is 35.8 Å². The fourth-order valence-corrected chi connectivity index (χ4v) is 4.51. The number of nitrogens with one attached hydrogen (secondary N) is 3. The number of hydrogen-bond donors (Lipinski definition) is 3. The van der Waals surface area contributed by atoms with E-state index >= 15 is 0 Å². The molecular weight excluding hydrogens is 489 g/mol. The zero-order valence-electron chi connectivity index (χ0n) is 21.6. The van der Waals surface area contributed by atoms with Gasteiger partial charge >= 0.3 is 0 Å². The van der Waals surface area contributed by atoms with E-state index in [4.69, 9.17) is 9.47 Å². The second-order valence-corrected chi connectivity index (χ2v) is 8.63. The molecule has 0 unspecified atom stereocenters. The standard InChI is InChI=1S/C20H19FN4O3.C8H11NO/c1-27-15-10-22-8-6-11(15)17-18(16-13(24-17)7-9-23-20(16)26)25-14-5-3-4-12(21)19(14)28-2;1-2-5-8(10)9-6-3-4-7-9/h3-6,8,10,24-25H,7,9H2,1-2H3,(H,23,26);3-4,6-7H2,1H3. The summed E-state index contributed by atoms with van der Waals surface area (Å²) in [5.74, 6) is 5.04. The number of nitrogens with zero attached hydrogens (tertiary/aromatic N) is 2. The molecule has 10 heteroatoms. The monoisotopic (exact) mass is 519 g/mol. The second kappa shape index (κ2) is 12.1. The van der Waals surface area contributed by atoms with Crippen molar-refractivity contribution in [3.05, 3.63) is 53.7 Å². The minimum Gasteiger partial charge on any atom is -0.494 e. The van der Waals surface area contributed by atoms with Gasteiger partial charge in [-0.15, -0.1) is 0 Å². The Hall–Kier alpha value is -4.52. The molecule has 3 N–H and O–H groups in total. The zero-order chi connectivity index (χ0) is 27.1. The number of H-pyrrole nitrogens is 1. The molecule has 9 nitrogen and oxygen atoms in total. The third kappa shape index (κ3) is 5.57. The van der Waals surface area contributed by atoms with Gasteiger partial charge < -0.3 is 30.0 Å². The van der Waals surface area contributed by atoms with E-state index in [1.54, 1.807) is 49.5 Å². The third-order valence-corrected chi connectivity index (χ3v) is 6.30. The van der Waals surface area contributed by atoms with E-state index < -0.39 is 5.82 Å². The van der Waals surface area contributed by atoms with Crippen LogP contribution in [0.3, 0.4) is 0 Å². The molecule has 2 aliphatic heterocycles. The molecule has 0 atom stereocenters. The number of rotatable bonds is 5. The number of methoxy groups -OCH3 is 2. The summed E-state index contributed by atoms with van der Waals surface area (Å²) in [5.41, 5.74) is 3.63. The van der Waals surface area contributed by atoms with Crippen molar-refractivity contribution < 1.29 is 23.5 Å². The molecule has 38 heavy (non-hydrogen) atoms. The number of carbonyl (C=O) groups excluding carboxylic acids is 2. The number of amides is 2. The largest absolute Gasteiger partial charge is 0.494 e. The van der Waals surface area contributed by atoms with Crippen LogP contribution in [-0.2, 0) is 11.2 Å². The Morgan fingerprint density at radius 2 is 1.97 bits per heavy atom. The van der Waals surface area contributed by atoms with Crippen molar-refractivity contribution in [3.8, 4) is 34.6 Å². The fraction of sp³-hybridized carbons (Fsp3) is 0.321. The topological polar surface area (TPSA) is 109 Å². The van der Waals surface area contributed by atoms with E-state index in [0.29, 0.717) is 41.3 Å². The van der Waals surface area contributed by atoms with E-state index in [9.17, 15) is 14.0 Å². The molecule has 0 aliphatic carbocycles. The number of para-hydroxylation sites is 1. The Kier molecular flexibility index (Phi) is 8.48. The first kappa shape index (κ1) is 26.5. The summed E-state index contributed by atoms with van der Waals surface area (Å²) in [5, 5.41) is 6.04. The van der Waals surface area contributed by atoms with E-state index in [1.165, 1.54) is 13.2 Å². The predicted octanol–water partition coefficient (Wildman–Crippen LogP) is 3.89. The highest BCUT2D eigenvalue weighted by atomic mass is 19.1. The minimum absolute atomic E-state index is 0.0139.